The first-order valence-corrected chi connectivity index (χ1v) is 7.42. The molecule has 2 aromatic carbocycles. The number of nitrogens with one attached hydrogen (secondary N) is 1. The molecule has 0 aliphatic rings. The van der Waals surface area contributed by atoms with Gasteiger partial charge in [0.05, 0.1) is 11.1 Å². The SMILES string of the molecule is FC(F)(F)c1cc(C(NCc2ccccc2)C(F)(F)F)cc(C(F)(F)F)c1. The van der Waals surface area contributed by atoms with Crippen LogP contribution in [0.2, 0.25) is 0 Å². The molecule has 0 radical (unpaired) electrons. The van der Waals surface area contributed by atoms with Crippen LogP contribution >= 0.6 is 0 Å². The molecule has 0 aliphatic carbocycles. The third kappa shape index (κ3) is 5.62. The Bertz CT molecular complexity index is 728. The van der Waals surface area contributed by atoms with Crippen LogP contribution < -0.4 is 5.32 Å². The molecular formula is C17H12F9N. The van der Waals surface area contributed by atoms with Gasteiger partial charge in [0.2, 0.25) is 0 Å². The number of halogens is 9. The summed E-state index contributed by atoms with van der Waals surface area (Å²) in [7, 11) is 0. The molecule has 148 valence electrons. The van der Waals surface area contributed by atoms with Crippen LogP contribution in [-0.2, 0) is 18.9 Å². The first-order valence-electron chi connectivity index (χ1n) is 7.42. The van der Waals surface area contributed by atoms with E-state index in [0.717, 1.165) is 0 Å². The van der Waals surface area contributed by atoms with Gasteiger partial charge in [0.15, 0.2) is 0 Å². The smallest absolute Gasteiger partial charge is 0.298 e. The van der Waals surface area contributed by atoms with Crippen LogP contribution in [0.3, 0.4) is 0 Å². The maximum absolute atomic E-state index is 13.3. The Morgan fingerprint density at radius 3 is 1.59 bits per heavy atom. The second-order valence-electron chi connectivity index (χ2n) is 5.68. The third-order valence-corrected chi connectivity index (χ3v) is 3.62. The van der Waals surface area contributed by atoms with Crippen molar-refractivity contribution in [1.82, 2.24) is 5.32 Å². The third-order valence-electron chi connectivity index (χ3n) is 3.62. The minimum absolute atomic E-state index is 0.0748. The topological polar surface area (TPSA) is 12.0 Å². The summed E-state index contributed by atoms with van der Waals surface area (Å²) in [6.45, 7) is -0.400. The van der Waals surface area contributed by atoms with Crippen molar-refractivity contribution >= 4 is 0 Å². The maximum Gasteiger partial charge on any atom is 0.416 e. The molecule has 0 spiro atoms. The summed E-state index contributed by atoms with van der Waals surface area (Å²) in [5.41, 5.74) is -4.39. The van der Waals surface area contributed by atoms with E-state index >= 15 is 0 Å². The van der Waals surface area contributed by atoms with Crippen molar-refractivity contribution in [3.8, 4) is 0 Å². The summed E-state index contributed by atoms with van der Waals surface area (Å²) in [6.07, 6.45) is -15.6. The van der Waals surface area contributed by atoms with Gasteiger partial charge in [-0.3, -0.25) is 5.32 Å². The quantitative estimate of drug-likeness (QED) is 0.609. The van der Waals surface area contributed by atoms with Gasteiger partial charge < -0.3 is 0 Å². The van der Waals surface area contributed by atoms with E-state index in [-0.39, 0.29) is 18.2 Å². The lowest BCUT2D eigenvalue weighted by Gasteiger charge is -2.24. The van der Waals surface area contributed by atoms with E-state index in [2.05, 4.69) is 0 Å². The van der Waals surface area contributed by atoms with Crippen LogP contribution in [0.4, 0.5) is 39.5 Å². The fourth-order valence-corrected chi connectivity index (χ4v) is 2.38. The van der Waals surface area contributed by atoms with Crippen molar-refractivity contribution in [3.63, 3.8) is 0 Å². The fraction of sp³-hybridized carbons (Fsp3) is 0.294. The Morgan fingerprint density at radius 1 is 0.704 bits per heavy atom. The maximum atomic E-state index is 13.3. The van der Waals surface area contributed by atoms with E-state index in [9.17, 15) is 39.5 Å². The second-order valence-corrected chi connectivity index (χ2v) is 5.68. The van der Waals surface area contributed by atoms with Crippen LogP contribution in [0.1, 0.15) is 28.3 Å². The largest absolute Gasteiger partial charge is 0.416 e. The van der Waals surface area contributed by atoms with E-state index < -0.39 is 47.8 Å². The number of rotatable bonds is 4. The minimum Gasteiger partial charge on any atom is -0.298 e. The summed E-state index contributed by atoms with van der Waals surface area (Å²) < 4.78 is 117. The average Bonchev–Trinajstić information content (AvgIpc) is 2.53. The van der Waals surface area contributed by atoms with Gasteiger partial charge in [0, 0.05) is 6.54 Å². The van der Waals surface area contributed by atoms with E-state index in [0.29, 0.717) is 5.56 Å². The number of hydrogen-bond acceptors (Lipinski definition) is 1. The molecule has 27 heavy (non-hydrogen) atoms. The molecule has 0 aliphatic heterocycles. The summed E-state index contributed by atoms with van der Waals surface area (Å²) in [5, 5.41) is 1.99. The summed E-state index contributed by atoms with van der Waals surface area (Å²) >= 11 is 0. The average molecular weight is 401 g/mol. The van der Waals surface area contributed by atoms with E-state index in [1.54, 1.807) is 6.07 Å². The predicted octanol–water partition coefficient (Wildman–Crippen LogP) is 6.12. The van der Waals surface area contributed by atoms with Crippen LogP contribution in [0.15, 0.2) is 48.5 Å². The standard InChI is InChI=1S/C17H12F9N/c18-15(19,20)12-6-11(7-13(8-12)16(21,22)23)14(17(24,25)26)27-9-10-4-2-1-3-5-10/h1-8,14,27H,9H2. The molecule has 2 aromatic rings. The number of alkyl halides is 9. The van der Waals surface area contributed by atoms with Gasteiger partial charge in [0.25, 0.3) is 0 Å². The molecule has 0 saturated carbocycles. The molecule has 0 aromatic heterocycles. The highest BCUT2D eigenvalue weighted by Gasteiger charge is 2.44. The first kappa shape index (κ1) is 21.1. The monoisotopic (exact) mass is 401 g/mol. The highest BCUT2D eigenvalue weighted by atomic mass is 19.4. The molecule has 0 bridgehead atoms. The Morgan fingerprint density at radius 2 is 1.19 bits per heavy atom. The molecular weight excluding hydrogens is 389 g/mol. The van der Waals surface area contributed by atoms with Crippen LogP contribution in [0, 0.1) is 0 Å². The van der Waals surface area contributed by atoms with Gasteiger partial charge in [-0.25, -0.2) is 0 Å². The molecule has 10 heteroatoms. The van der Waals surface area contributed by atoms with E-state index in [1.165, 1.54) is 24.3 Å². The zero-order valence-electron chi connectivity index (χ0n) is 13.3. The minimum atomic E-state index is -5.23. The van der Waals surface area contributed by atoms with Crippen molar-refractivity contribution < 1.29 is 39.5 Å². The van der Waals surface area contributed by atoms with Crippen molar-refractivity contribution in [2.24, 2.45) is 0 Å². The van der Waals surface area contributed by atoms with Crippen molar-refractivity contribution in [2.45, 2.75) is 31.1 Å². The van der Waals surface area contributed by atoms with Crippen LogP contribution in [-0.4, -0.2) is 6.18 Å². The van der Waals surface area contributed by atoms with Crippen molar-refractivity contribution in [2.75, 3.05) is 0 Å². The molecule has 2 rings (SSSR count). The highest BCUT2D eigenvalue weighted by Crippen LogP contribution is 2.40. The van der Waals surface area contributed by atoms with Gasteiger partial charge in [-0.05, 0) is 29.3 Å². The highest BCUT2D eigenvalue weighted by molar-refractivity contribution is 5.36. The Labute approximate surface area is 147 Å². The molecule has 0 amide bonds. The summed E-state index contributed by atoms with van der Waals surface area (Å²) in [5.74, 6) is 0. The lowest BCUT2D eigenvalue weighted by molar-refractivity contribution is -0.160. The summed E-state index contributed by atoms with van der Waals surface area (Å²) in [6, 6.07) is 4.83. The first-order chi connectivity index (χ1) is 12.3. The van der Waals surface area contributed by atoms with Gasteiger partial charge in [-0.15, -0.1) is 0 Å². The molecule has 1 N–H and O–H groups in total. The predicted molar refractivity (Wildman–Crippen MR) is 78.5 cm³/mol. The molecule has 1 nitrogen and oxygen atoms in total. The van der Waals surface area contributed by atoms with E-state index in [4.69, 9.17) is 0 Å². The molecule has 0 fully saturated rings. The molecule has 0 heterocycles. The van der Waals surface area contributed by atoms with Crippen molar-refractivity contribution in [3.05, 3.63) is 70.8 Å². The number of hydrogen-bond donors (Lipinski definition) is 1. The fourth-order valence-electron chi connectivity index (χ4n) is 2.38. The van der Waals surface area contributed by atoms with Gasteiger partial charge >= 0.3 is 18.5 Å². The number of benzene rings is 2. The van der Waals surface area contributed by atoms with Crippen molar-refractivity contribution in [1.29, 1.82) is 0 Å². The van der Waals surface area contributed by atoms with Crippen LogP contribution in [0.5, 0.6) is 0 Å². The lowest BCUT2D eigenvalue weighted by atomic mass is 9.98. The van der Waals surface area contributed by atoms with Gasteiger partial charge in [-0.1, -0.05) is 30.3 Å². The molecule has 1 unspecified atom stereocenters. The summed E-state index contributed by atoms with van der Waals surface area (Å²) in [4.78, 5) is 0. The molecule has 0 saturated heterocycles. The van der Waals surface area contributed by atoms with Crippen LogP contribution in [0.25, 0.3) is 0 Å². The Balaban J connectivity index is 2.47. The lowest BCUT2D eigenvalue weighted by Crippen LogP contribution is -2.34. The Kier molecular flexibility index (Phi) is 5.79. The van der Waals surface area contributed by atoms with E-state index in [1.807, 2.05) is 5.32 Å². The second kappa shape index (κ2) is 7.41. The molecule has 1 atom stereocenters. The Hall–Kier alpha value is -2.23. The zero-order valence-corrected chi connectivity index (χ0v) is 13.3. The normalized spacial score (nSPS) is 14.3. The van der Waals surface area contributed by atoms with Gasteiger partial charge in [-0.2, -0.15) is 39.5 Å². The zero-order chi connectivity index (χ0) is 20.5. The van der Waals surface area contributed by atoms with Gasteiger partial charge in [0.1, 0.15) is 6.04 Å².